The van der Waals surface area contributed by atoms with Gasteiger partial charge in [-0.25, -0.2) is 0 Å². The summed E-state index contributed by atoms with van der Waals surface area (Å²) in [6.45, 7) is 3.68. The molecular weight excluding hydrogens is 458 g/mol. The van der Waals surface area contributed by atoms with Crippen molar-refractivity contribution < 1.29 is 19.4 Å². The van der Waals surface area contributed by atoms with Gasteiger partial charge in [-0.15, -0.1) is 0 Å². The average molecular weight is 486 g/mol. The molecule has 0 aliphatic carbocycles. The van der Waals surface area contributed by atoms with Gasteiger partial charge in [0.2, 0.25) is 0 Å². The van der Waals surface area contributed by atoms with Crippen molar-refractivity contribution in [3.8, 4) is 0 Å². The van der Waals surface area contributed by atoms with Crippen molar-refractivity contribution in [3.63, 3.8) is 0 Å². The Balaban J connectivity index is 1.47. The zero-order chi connectivity index (χ0) is 24.8. The van der Waals surface area contributed by atoms with Gasteiger partial charge in [-0.05, 0) is 12.1 Å². The van der Waals surface area contributed by atoms with Crippen LogP contribution in [0.15, 0.2) is 54.9 Å². The summed E-state index contributed by atoms with van der Waals surface area (Å²) in [7, 11) is 0. The van der Waals surface area contributed by atoms with E-state index in [0.29, 0.717) is 54.3 Å². The number of anilines is 1. The third-order valence-electron chi connectivity index (χ3n) is 6.97. The van der Waals surface area contributed by atoms with Crippen molar-refractivity contribution in [1.82, 2.24) is 19.8 Å². The smallest absolute Gasteiger partial charge is 0.259 e. The number of aliphatic hydroxyl groups is 1. The topological polar surface area (TPSA) is 126 Å². The van der Waals surface area contributed by atoms with Crippen molar-refractivity contribution in [1.29, 1.82) is 0 Å². The molecule has 2 aliphatic rings. The van der Waals surface area contributed by atoms with Crippen LogP contribution in [-0.4, -0.2) is 70.3 Å². The largest absolute Gasteiger partial charge is 0.397 e. The first-order chi connectivity index (χ1) is 17.5. The molecule has 1 atom stereocenters. The summed E-state index contributed by atoms with van der Waals surface area (Å²) in [6.07, 6.45) is 2.94. The van der Waals surface area contributed by atoms with Crippen molar-refractivity contribution in [2.45, 2.75) is 12.6 Å². The third-order valence-corrected chi connectivity index (χ3v) is 6.97. The summed E-state index contributed by atoms with van der Waals surface area (Å²) in [6, 6.07) is 13.2. The van der Waals surface area contributed by atoms with Crippen LogP contribution in [0.3, 0.4) is 0 Å². The molecule has 2 aliphatic heterocycles. The quantitative estimate of drug-likeness (QED) is 0.244. The molecule has 0 radical (unpaired) electrons. The molecule has 1 fully saturated rings. The molecule has 0 bridgehead atoms. The van der Waals surface area contributed by atoms with E-state index in [4.69, 9.17) is 10.5 Å². The van der Waals surface area contributed by atoms with Crippen molar-refractivity contribution in [2.24, 2.45) is 0 Å². The van der Waals surface area contributed by atoms with Crippen LogP contribution in [0.1, 0.15) is 11.1 Å². The number of rotatable bonds is 6. The van der Waals surface area contributed by atoms with E-state index in [9.17, 15) is 14.7 Å². The fourth-order valence-corrected chi connectivity index (χ4v) is 5.35. The molecule has 6 rings (SSSR count). The van der Waals surface area contributed by atoms with Crippen LogP contribution in [0.25, 0.3) is 33.0 Å². The number of nitrogens with one attached hydrogen (secondary N) is 2. The number of morpholine rings is 1. The van der Waals surface area contributed by atoms with Gasteiger partial charge in [-0.2, -0.15) is 0 Å². The van der Waals surface area contributed by atoms with Gasteiger partial charge >= 0.3 is 0 Å². The summed E-state index contributed by atoms with van der Waals surface area (Å²) in [4.78, 5) is 31.5. The number of nitrogen functional groups attached to an aromatic ring is 1. The number of fused-ring (bicyclic) bond motifs is 2. The van der Waals surface area contributed by atoms with E-state index in [1.165, 1.54) is 0 Å². The van der Waals surface area contributed by atoms with E-state index in [0.717, 1.165) is 34.9 Å². The predicted octanol–water partition coefficient (Wildman–Crippen LogP) is 1.97. The molecule has 1 saturated heterocycles. The number of nitrogens with zero attached hydrogens (tertiary/aromatic N) is 2. The fraction of sp³-hybridized carbons (Fsp3) is 0.259. The first-order valence-electron chi connectivity index (χ1n) is 12.0. The highest BCUT2D eigenvalue weighted by Crippen LogP contribution is 2.39. The van der Waals surface area contributed by atoms with Crippen LogP contribution in [0, 0.1) is 0 Å². The highest BCUT2D eigenvalue weighted by atomic mass is 16.5. The molecule has 2 amide bonds. The van der Waals surface area contributed by atoms with Crippen LogP contribution in [0.4, 0.5) is 5.69 Å². The predicted molar refractivity (Wildman–Crippen MR) is 138 cm³/mol. The summed E-state index contributed by atoms with van der Waals surface area (Å²) in [5.74, 6) is -0.882. The number of nitrogens with two attached hydrogens (primary N) is 1. The summed E-state index contributed by atoms with van der Waals surface area (Å²) < 4.78 is 7.29. The summed E-state index contributed by atoms with van der Waals surface area (Å²) >= 11 is 0. The second kappa shape index (κ2) is 8.94. The first-order valence-corrected chi connectivity index (χ1v) is 12.0. The Bertz CT molecular complexity index is 1530. The van der Waals surface area contributed by atoms with E-state index >= 15 is 0 Å². The summed E-state index contributed by atoms with van der Waals surface area (Å²) in [5, 5.41) is 15.0. The summed E-state index contributed by atoms with van der Waals surface area (Å²) in [5.41, 5.74) is 10.4. The zero-order valence-corrected chi connectivity index (χ0v) is 19.7. The molecule has 36 heavy (non-hydrogen) atoms. The zero-order valence-electron chi connectivity index (χ0n) is 19.7. The number of aromatic nitrogens is 2. The number of hydrogen-bond acceptors (Lipinski definition) is 6. The number of ether oxygens (including phenoxy) is 1. The molecule has 4 aromatic rings. The molecule has 9 heteroatoms. The van der Waals surface area contributed by atoms with Crippen LogP contribution in [-0.2, 0) is 20.9 Å². The Morgan fingerprint density at radius 1 is 0.944 bits per heavy atom. The van der Waals surface area contributed by atoms with Crippen molar-refractivity contribution in [3.05, 3.63) is 66.0 Å². The van der Waals surface area contributed by atoms with E-state index in [-0.39, 0.29) is 0 Å². The minimum atomic E-state index is -0.646. The van der Waals surface area contributed by atoms with Gasteiger partial charge < -0.3 is 25.1 Å². The van der Waals surface area contributed by atoms with E-state index in [2.05, 4.69) is 15.2 Å². The Morgan fingerprint density at radius 2 is 1.67 bits per heavy atom. The minimum Gasteiger partial charge on any atom is -0.397 e. The molecule has 4 heterocycles. The number of carbonyl (C=O) groups is 2. The Hall–Kier alpha value is -3.92. The SMILES string of the molecule is Nc1cccc2c(C3=C(c4c[nH]c5ccccc45)C(=O)NC3=O)cn(CC(O)CN3CCOCC3)c12. The molecule has 0 spiro atoms. The standard InChI is InChI=1S/C27H27N5O4/c28-21-6-3-5-18-20(15-32(25(18)21)14-16(33)13-31-8-10-36-11-9-31)24-23(26(34)30-27(24)35)19-12-29-22-7-2-1-4-17(19)22/h1-7,12,15-16,29,33H,8-11,13-14,28H2,(H,30,34,35). The van der Waals surface area contributed by atoms with Gasteiger partial charge in [-0.3, -0.25) is 19.8 Å². The second-order valence-electron chi connectivity index (χ2n) is 9.29. The number of carbonyl (C=O) groups excluding carboxylic acids is 2. The monoisotopic (exact) mass is 485 g/mol. The van der Waals surface area contributed by atoms with Crippen LogP contribution < -0.4 is 11.1 Å². The molecular formula is C27H27N5O4. The maximum Gasteiger partial charge on any atom is 0.259 e. The van der Waals surface area contributed by atoms with Crippen LogP contribution >= 0.6 is 0 Å². The lowest BCUT2D eigenvalue weighted by molar-refractivity contribution is -0.122. The fourth-order valence-electron chi connectivity index (χ4n) is 5.35. The lowest BCUT2D eigenvalue weighted by Crippen LogP contribution is -2.41. The maximum atomic E-state index is 13.1. The number of β-amino-alcohol motifs (C(OH)–C–C–N with tert-alkyl or cyclic N) is 1. The molecule has 0 saturated carbocycles. The van der Waals surface area contributed by atoms with E-state index in [1.807, 2.05) is 47.2 Å². The van der Waals surface area contributed by atoms with Gasteiger partial charge in [0, 0.05) is 66.0 Å². The van der Waals surface area contributed by atoms with E-state index in [1.54, 1.807) is 12.3 Å². The molecule has 5 N–H and O–H groups in total. The van der Waals surface area contributed by atoms with Crippen LogP contribution in [0.2, 0.25) is 0 Å². The molecule has 184 valence electrons. The number of para-hydroxylation sites is 2. The number of amides is 2. The normalized spacial score (nSPS) is 17.9. The average Bonchev–Trinajstić information content (AvgIpc) is 3.53. The van der Waals surface area contributed by atoms with Crippen LogP contribution in [0.5, 0.6) is 0 Å². The minimum absolute atomic E-state index is 0.299. The first kappa shape index (κ1) is 22.5. The Labute approximate surface area is 207 Å². The van der Waals surface area contributed by atoms with Gasteiger partial charge in [0.1, 0.15) is 0 Å². The highest BCUT2D eigenvalue weighted by molar-refractivity contribution is 6.50. The number of H-pyrrole nitrogens is 1. The Kier molecular flexibility index (Phi) is 5.60. The van der Waals surface area contributed by atoms with Gasteiger partial charge in [0.25, 0.3) is 11.8 Å². The molecule has 2 aromatic carbocycles. The molecule has 1 unspecified atom stereocenters. The maximum absolute atomic E-state index is 13.1. The number of aliphatic hydroxyl groups excluding tert-OH is 1. The van der Waals surface area contributed by atoms with Crippen molar-refractivity contribution in [2.75, 3.05) is 38.6 Å². The lowest BCUT2D eigenvalue weighted by Gasteiger charge is -2.28. The van der Waals surface area contributed by atoms with Gasteiger partial charge in [0.05, 0.1) is 41.7 Å². The number of hydrogen-bond donors (Lipinski definition) is 4. The number of aromatic amines is 1. The lowest BCUT2D eigenvalue weighted by atomic mass is 9.95. The number of benzene rings is 2. The molecule has 2 aromatic heterocycles. The Morgan fingerprint density at radius 3 is 2.47 bits per heavy atom. The number of imide groups is 1. The highest BCUT2D eigenvalue weighted by Gasteiger charge is 2.35. The van der Waals surface area contributed by atoms with Crippen molar-refractivity contribution >= 4 is 50.5 Å². The second-order valence-corrected chi connectivity index (χ2v) is 9.29. The van der Waals surface area contributed by atoms with E-state index < -0.39 is 17.9 Å². The van der Waals surface area contributed by atoms with Gasteiger partial charge in [0.15, 0.2) is 0 Å². The third kappa shape index (κ3) is 3.78. The molecule has 9 nitrogen and oxygen atoms in total. The van der Waals surface area contributed by atoms with Gasteiger partial charge in [-0.1, -0.05) is 30.3 Å².